The molecule has 1 aliphatic carbocycles. The van der Waals surface area contributed by atoms with Crippen molar-refractivity contribution in [1.29, 1.82) is 5.26 Å². The molecule has 17 heavy (non-hydrogen) atoms. The second kappa shape index (κ2) is 5.18. The van der Waals surface area contributed by atoms with Gasteiger partial charge in [0.2, 0.25) is 0 Å². The summed E-state index contributed by atoms with van der Waals surface area (Å²) in [5.74, 6) is 2.50. The van der Waals surface area contributed by atoms with Crippen molar-refractivity contribution >= 4 is 5.82 Å². The van der Waals surface area contributed by atoms with Gasteiger partial charge in [0.05, 0.1) is 5.56 Å². The van der Waals surface area contributed by atoms with E-state index in [4.69, 9.17) is 5.26 Å². The van der Waals surface area contributed by atoms with Crippen LogP contribution in [0.25, 0.3) is 0 Å². The highest BCUT2D eigenvalue weighted by atomic mass is 15.0. The number of pyridine rings is 1. The van der Waals surface area contributed by atoms with Gasteiger partial charge in [-0.15, -0.1) is 0 Å². The average Bonchev–Trinajstić information content (AvgIpc) is 2.35. The monoisotopic (exact) mass is 229 g/mol. The van der Waals surface area contributed by atoms with Gasteiger partial charge in [-0.2, -0.15) is 5.26 Å². The van der Waals surface area contributed by atoms with E-state index < -0.39 is 0 Å². The van der Waals surface area contributed by atoms with Crippen molar-refractivity contribution in [3.05, 3.63) is 23.9 Å². The summed E-state index contributed by atoms with van der Waals surface area (Å²) in [5.41, 5.74) is 0.612. The van der Waals surface area contributed by atoms with Crippen LogP contribution in [0.2, 0.25) is 0 Å². The van der Waals surface area contributed by atoms with E-state index in [1.165, 1.54) is 19.3 Å². The van der Waals surface area contributed by atoms with E-state index in [2.05, 4.69) is 30.2 Å². The molecule has 1 N–H and O–H groups in total. The van der Waals surface area contributed by atoms with Gasteiger partial charge in [0.1, 0.15) is 11.9 Å². The lowest BCUT2D eigenvalue weighted by atomic mass is 9.79. The second-order valence-electron chi connectivity index (χ2n) is 5.15. The molecule has 0 aromatic carbocycles. The smallest absolute Gasteiger partial charge is 0.126 e. The summed E-state index contributed by atoms with van der Waals surface area (Å²) in [7, 11) is 0. The zero-order valence-electron chi connectivity index (χ0n) is 10.5. The first-order valence-corrected chi connectivity index (χ1v) is 6.31. The number of aromatic nitrogens is 1. The molecule has 0 bridgehead atoms. The number of anilines is 1. The van der Waals surface area contributed by atoms with Crippen LogP contribution >= 0.6 is 0 Å². The molecule has 1 saturated carbocycles. The summed E-state index contributed by atoms with van der Waals surface area (Å²) in [6.07, 6.45) is 5.34. The first-order chi connectivity index (χ1) is 8.19. The highest BCUT2D eigenvalue weighted by Gasteiger charge is 2.24. The minimum Gasteiger partial charge on any atom is -0.367 e. The molecule has 1 aromatic rings. The molecule has 3 unspecified atom stereocenters. The molecule has 0 spiro atoms. The molecule has 1 aliphatic rings. The fourth-order valence-electron chi connectivity index (χ4n) is 2.43. The fourth-order valence-corrected chi connectivity index (χ4v) is 2.43. The number of hydrogen-bond acceptors (Lipinski definition) is 3. The van der Waals surface area contributed by atoms with Crippen molar-refractivity contribution < 1.29 is 0 Å². The Hall–Kier alpha value is -1.56. The van der Waals surface area contributed by atoms with Crippen LogP contribution in [0.4, 0.5) is 5.82 Å². The third-order valence-corrected chi connectivity index (χ3v) is 3.84. The van der Waals surface area contributed by atoms with Gasteiger partial charge >= 0.3 is 0 Å². The number of hydrogen-bond donors (Lipinski definition) is 1. The van der Waals surface area contributed by atoms with Crippen LogP contribution in [-0.2, 0) is 0 Å². The summed E-state index contributed by atoms with van der Waals surface area (Å²) in [5, 5.41) is 12.2. The maximum Gasteiger partial charge on any atom is 0.126 e. The molecule has 1 heterocycles. The van der Waals surface area contributed by atoms with E-state index in [9.17, 15) is 0 Å². The van der Waals surface area contributed by atoms with Gasteiger partial charge in [-0.25, -0.2) is 4.98 Å². The molecule has 1 aromatic heterocycles. The summed E-state index contributed by atoms with van der Waals surface area (Å²) in [6.45, 7) is 4.66. The van der Waals surface area contributed by atoms with Gasteiger partial charge in [-0.3, -0.25) is 0 Å². The van der Waals surface area contributed by atoms with Crippen molar-refractivity contribution in [3.8, 4) is 6.07 Å². The number of nitrogens with one attached hydrogen (secondary N) is 1. The van der Waals surface area contributed by atoms with E-state index >= 15 is 0 Å². The van der Waals surface area contributed by atoms with Gasteiger partial charge in [0.15, 0.2) is 0 Å². The largest absolute Gasteiger partial charge is 0.367 e. The molecule has 0 amide bonds. The highest BCUT2D eigenvalue weighted by Crippen LogP contribution is 2.30. The molecule has 1 fully saturated rings. The Morgan fingerprint density at radius 2 is 2.12 bits per heavy atom. The molecule has 2 rings (SSSR count). The predicted octanol–water partition coefficient (Wildman–Crippen LogP) is 3.19. The van der Waals surface area contributed by atoms with Crippen molar-refractivity contribution in [2.45, 2.75) is 39.2 Å². The third-order valence-electron chi connectivity index (χ3n) is 3.84. The van der Waals surface area contributed by atoms with Gasteiger partial charge in [-0.05, 0) is 43.2 Å². The highest BCUT2D eigenvalue weighted by molar-refractivity contribution is 5.39. The Kier molecular flexibility index (Phi) is 3.63. The first-order valence-electron chi connectivity index (χ1n) is 6.31. The minimum absolute atomic E-state index is 0.529. The van der Waals surface area contributed by atoms with Gasteiger partial charge in [-0.1, -0.05) is 13.8 Å². The zero-order chi connectivity index (χ0) is 12.3. The number of nitriles is 1. The predicted molar refractivity (Wildman–Crippen MR) is 68.5 cm³/mol. The molecule has 0 radical (unpaired) electrons. The summed E-state index contributed by atoms with van der Waals surface area (Å²) in [6, 6.07) is 6.31. The van der Waals surface area contributed by atoms with Gasteiger partial charge in [0.25, 0.3) is 0 Å². The lowest BCUT2D eigenvalue weighted by Crippen LogP contribution is -2.30. The van der Waals surface area contributed by atoms with Crippen LogP contribution in [0, 0.1) is 23.2 Å². The molecular formula is C14H19N3. The van der Waals surface area contributed by atoms with Crippen molar-refractivity contribution in [3.63, 3.8) is 0 Å². The van der Waals surface area contributed by atoms with Gasteiger partial charge < -0.3 is 5.32 Å². The van der Waals surface area contributed by atoms with Crippen LogP contribution in [-0.4, -0.2) is 11.0 Å². The number of rotatable bonds is 2. The van der Waals surface area contributed by atoms with Crippen LogP contribution < -0.4 is 5.32 Å². The topological polar surface area (TPSA) is 48.7 Å². The minimum atomic E-state index is 0.529. The fraction of sp³-hybridized carbons (Fsp3) is 0.571. The van der Waals surface area contributed by atoms with Crippen LogP contribution in [0.5, 0.6) is 0 Å². The molecule has 3 atom stereocenters. The van der Waals surface area contributed by atoms with Crippen LogP contribution in [0.3, 0.4) is 0 Å². The zero-order valence-corrected chi connectivity index (χ0v) is 10.5. The molecular weight excluding hydrogens is 210 g/mol. The Morgan fingerprint density at radius 1 is 1.29 bits per heavy atom. The Labute approximate surface area is 103 Å². The van der Waals surface area contributed by atoms with Gasteiger partial charge in [0, 0.05) is 12.2 Å². The van der Waals surface area contributed by atoms with Crippen LogP contribution in [0.1, 0.15) is 38.7 Å². The average molecular weight is 229 g/mol. The second-order valence-corrected chi connectivity index (χ2v) is 5.15. The Balaban J connectivity index is 1.94. The first kappa shape index (κ1) is 11.9. The molecule has 0 saturated heterocycles. The van der Waals surface area contributed by atoms with E-state index in [-0.39, 0.29) is 0 Å². The summed E-state index contributed by atoms with van der Waals surface area (Å²) >= 11 is 0. The molecule has 0 aliphatic heterocycles. The Morgan fingerprint density at radius 3 is 2.71 bits per heavy atom. The van der Waals surface area contributed by atoms with E-state index in [1.54, 1.807) is 6.20 Å². The standard InChI is InChI=1S/C14H19N3/c1-10-3-5-13(7-11(10)2)17-14-6-4-12(8-15)9-16-14/h4,6,9-11,13H,3,5,7H2,1-2H3,(H,16,17). The molecule has 90 valence electrons. The lowest BCUT2D eigenvalue weighted by molar-refractivity contribution is 0.260. The maximum absolute atomic E-state index is 8.70. The van der Waals surface area contributed by atoms with Crippen molar-refractivity contribution in [1.82, 2.24) is 4.98 Å². The normalized spacial score (nSPS) is 28.4. The van der Waals surface area contributed by atoms with E-state index in [0.29, 0.717) is 11.6 Å². The summed E-state index contributed by atoms with van der Waals surface area (Å²) in [4.78, 5) is 4.25. The van der Waals surface area contributed by atoms with Crippen molar-refractivity contribution in [2.24, 2.45) is 11.8 Å². The Bertz CT molecular complexity index is 404. The quantitative estimate of drug-likeness (QED) is 0.847. The van der Waals surface area contributed by atoms with Crippen molar-refractivity contribution in [2.75, 3.05) is 5.32 Å². The molecule has 3 heteroatoms. The lowest BCUT2D eigenvalue weighted by Gasteiger charge is -2.32. The summed E-state index contributed by atoms with van der Waals surface area (Å²) < 4.78 is 0. The van der Waals surface area contributed by atoms with E-state index in [0.717, 1.165) is 17.7 Å². The SMILES string of the molecule is CC1CCC(Nc2ccc(C#N)cn2)CC1C. The third kappa shape index (κ3) is 2.97. The van der Waals surface area contributed by atoms with E-state index in [1.807, 2.05) is 12.1 Å². The van der Waals surface area contributed by atoms with Crippen LogP contribution in [0.15, 0.2) is 18.3 Å². The molecule has 3 nitrogen and oxygen atoms in total. The maximum atomic E-state index is 8.70. The number of nitrogens with zero attached hydrogens (tertiary/aromatic N) is 2.